The van der Waals surface area contributed by atoms with Gasteiger partial charge >= 0.3 is 5.97 Å². The molecule has 2 N–H and O–H groups in total. The van der Waals surface area contributed by atoms with Crippen molar-refractivity contribution in [1.29, 1.82) is 0 Å². The molecule has 0 saturated carbocycles. The molecule has 0 bridgehead atoms. The van der Waals surface area contributed by atoms with Crippen LogP contribution in [0.2, 0.25) is 0 Å². The molecule has 21 heavy (non-hydrogen) atoms. The zero-order valence-electron chi connectivity index (χ0n) is 11.1. The van der Waals surface area contributed by atoms with Gasteiger partial charge in [0.05, 0.1) is 7.11 Å². The number of carboxylic acids is 1. The molecule has 0 aliphatic heterocycles. The van der Waals surface area contributed by atoms with Crippen molar-refractivity contribution in [3.05, 3.63) is 59.4 Å². The fraction of sp³-hybridized carbons (Fsp3) is 0.0667. The maximum atomic E-state index is 13.1. The van der Waals surface area contributed by atoms with Crippen molar-refractivity contribution >= 4 is 17.6 Å². The van der Waals surface area contributed by atoms with Crippen LogP contribution in [0, 0.1) is 5.82 Å². The fourth-order valence-electron chi connectivity index (χ4n) is 1.78. The third-order valence-electron chi connectivity index (χ3n) is 2.78. The van der Waals surface area contributed by atoms with Gasteiger partial charge in [0, 0.05) is 17.3 Å². The van der Waals surface area contributed by atoms with Crippen molar-refractivity contribution in [3.63, 3.8) is 0 Å². The Bertz CT molecular complexity index is 700. The maximum absolute atomic E-state index is 13.1. The lowest BCUT2D eigenvalue weighted by molar-refractivity contribution is 0.0693. The monoisotopic (exact) mass is 289 g/mol. The topological polar surface area (TPSA) is 75.6 Å². The standard InChI is InChI=1S/C15H12FNO4/c1-21-13-8-11(5-6-12(13)15(19)20)17-14(18)9-3-2-4-10(16)7-9/h2-8H,1H3,(H,17,18)(H,19,20). The lowest BCUT2D eigenvalue weighted by Crippen LogP contribution is -2.12. The van der Waals surface area contributed by atoms with E-state index < -0.39 is 17.7 Å². The molecule has 0 saturated heterocycles. The molecule has 5 nitrogen and oxygen atoms in total. The average Bonchev–Trinajstić information content (AvgIpc) is 2.46. The number of hydrogen-bond donors (Lipinski definition) is 2. The summed E-state index contributed by atoms with van der Waals surface area (Å²) in [6.45, 7) is 0. The summed E-state index contributed by atoms with van der Waals surface area (Å²) in [6, 6.07) is 9.39. The molecular formula is C15H12FNO4. The molecule has 0 aliphatic carbocycles. The van der Waals surface area contributed by atoms with Gasteiger partial charge in [-0.1, -0.05) is 6.07 Å². The van der Waals surface area contributed by atoms with Crippen LogP contribution in [-0.2, 0) is 0 Å². The van der Waals surface area contributed by atoms with Crippen LogP contribution in [0.5, 0.6) is 5.75 Å². The second kappa shape index (κ2) is 6.04. The van der Waals surface area contributed by atoms with Gasteiger partial charge in [-0.3, -0.25) is 4.79 Å². The highest BCUT2D eigenvalue weighted by atomic mass is 19.1. The van der Waals surface area contributed by atoms with Crippen LogP contribution in [0.15, 0.2) is 42.5 Å². The molecule has 0 atom stereocenters. The van der Waals surface area contributed by atoms with Crippen molar-refractivity contribution in [3.8, 4) is 5.75 Å². The van der Waals surface area contributed by atoms with Crippen LogP contribution in [0.25, 0.3) is 0 Å². The maximum Gasteiger partial charge on any atom is 0.339 e. The van der Waals surface area contributed by atoms with Crippen molar-refractivity contribution in [2.45, 2.75) is 0 Å². The first-order valence-corrected chi connectivity index (χ1v) is 5.99. The summed E-state index contributed by atoms with van der Waals surface area (Å²) in [4.78, 5) is 22.9. The van der Waals surface area contributed by atoms with E-state index in [2.05, 4.69) is 5.32 Å². The van der Waals surface area contributed by atoms with Crippen LogP contribution in [0.1, 0.15) is 20.7 Å². The zero-order chi connectivity index (χ0) is 15.4. The summed E-state index contributed by atoms with van der Waals surface area (Å²) in [6.07, 6.45) is 0. The van der Waals surface area contributed by atoms with Gasteiger partial charge in [0.2, 0.25) is 0 Å². The van der Waals surface area contributed by atoms with Crippen molar-refractivity contribution in [2.75, 3.05) is 12.4 Å². The number of carbonyl (C=O) groups excluding carboxylic acids is 1. The average molecular weight is 289 g/mol. The number of benzene rings is 2. The number of hydrogen-bond acceptors (Lipinski definition) is 3. The van der Waals surface area contributed by atoms with E-state index in [1.165, 1.54) is 43.5 Å². The number of ether oxygens (including phenoxy) is 1. The van der Waals surface area contributed by atoms with Crippen LogP contribution in [0.4, 0.5) is 10.1 Å². The predicted octanol–water partition coefficient (Wildman–Crippen LogP) is 2.78. The molecule has 0 spiro atoms. The number of carboxylic acid groups (broad SMARTS) is 1. The third kappa shape index (κ3) is 3.36. The van der Waals surface area contributed by atoms with E-state index in [1.54, 1.807) is 0 Å². The molecule has 0 unspecified atom stereocenters. The number of methoxy groups -OCH3 is 1. The number of anilines is 1. The molecule has 0 heterocycles. The Morgan fingerprint density at radius 1 is 1.19 bits per heavy atom. The number of aromatic carboxylic acids is 1. The van der Waals surface area contributed by atoms with Crippen LogP contribution in [0.3, 0.4) is 0 Å². The third-order valence-corrected chi connectivity index (χ3v) is 2.78. The van der Waals surface area contributed by atoms with Gasteiger partial charge in [0.15, 0.2) is 0 Å². The van der Waals surface area contributed by atoms with Gasteiger partial charge in [-0.15, -0.1) is 0 Å². The number of amides is 1. The Kier molecular flexibility index (Phi) is 4.18. The lowest BCUT2D eigenvalue weighted by atomic mass is 10.1. The van der Waals surface area contributed by atoms with Gasteiger partial charge in [-0.05, 0) is 30.3 Å². The van der Waals surface area contributed by atoms with Crippen molar-refractivity contribution in [1.82, 2.24) is 0 Å². The predicted molar refractivity (Wildman–Crippen MR) is 74.3 cm³/mol. The fourth-order valence-corrected chi connectivity index (χ4v) is 1.78. The summed E-state index contributed by atoms with van der Waals surface area (Å²) in [5, 5.41) is 11.5. The summed E-state index contributed by atoms with van der Waals surface area (Å²) in [5.74, 6) is -2.02. The Hall–Kier alpha value is -2.89. The number of nitrogens with one attached hydrogen (secondary N) is 1. The van der Waals surface area contributed by atoms with Gasteiger partial charge in [-0.2, -0.15) is 0 Å². The van der Waals surface area contributed by atoms with E-state index in [-0.39, 0.29) is 16.9 Å². The molecule has 2 rings (SSSR count). The summed E-state index contributed by atoms with van der Waals surface area (Å²) in [5.41, 5.74) is 0.503. The minimum Gasteiger partial charge on any atom is -0.496 e. The van der Waals surface area contributed by atoms with Gasteiger partial charge in [0.25, 0.3) is 5.91 Å². The lowest BCUT2D eigenvalue weighted by Gasteiger charge is -2.09. The molecule has 6 heteroatoms. The quantitative estimate of drug-likeness (QED) is 0.907. The number of halogens is 1. The molecule has 2 aromatic rings. The Balaban J connectivity index is 2.24. The Labute approximate surface area is 120 Å². The highest BCUT2D eigenvalue weighted by molar-refractivity contribution is 6.04. The van der Waals surface area contributed by atoms with Crippen LogP contribution in [-0.4, -0.2) is 24.1 Å². The summed E-state index contributed by atoms with van der Waals surface area (Å²) >= 11 is 0. The number of carbonyl (C=O) groups is 2. The van der Waals surface area contributed by atoms with Gasteiger partial charge < -0.3 is 15.2 Å². The first kappa shape index (κ1) is 14.5. The highest BCUT2D eigenvalue weighted by Crippen LogP contribution is 2.23. The minimum absolute atomic E-state index is 0.0127. The second-order valence-electron chi connectivity index (χ2n) is 4.18. The van der Waals surface area contributed by atoms with E-state index >= 15 is 0 Å². The van der Waals surface area contributed by atoms with Crippen LogP contribution >= 0.6 is 0 Å². The Morgan fingerprint density at radius 3 is 2.57 bits per heavy atom. The summed E-state index contributed by atoms with van der Waals surface area (Å²) < 4.78 is 18.0. The molecule has 0 fully saturated rings. The SMILES string of the molecule is COc1cc(NC(=O)c2cccc(F)c2)ccc1C(=O)O. The second-order valence-corrected chi connectivity index (χ2v) is 4.18. The molecule has 0 radical (unpaired) electrons. The molecule has 0 aliphatic rings. The normalized spacial score (nSPS) is 10.0. The minimum atomic E-state index is -1.13. The van der Waals surface area contributed by atoms with Crippen molar-refractivity contribution < 1.29 is 23.8 Å². The number of rotatable bonds is 4. The van der Waals surface area contributed by atoms with Crippen LogP contribution < -0.4 is 10.1 Å². The molecule has 0 aromatic heterocycles. The Morgan fingerprint density at radius 2 is 1.95 bits per heavy atom. The largest absolute Gasteiger partial charge is 0.496 e. The zero-order valence-corrected chi connectivity index (χ0v) is 11.1. The smallest absolute Gasteiger partial charge is 0.339 e. The van der Waals surface area contributed by atoms with Gasteiger partial charge in [-0.25, -0.2) is 9.18 Å². The van der Waals surface area contributed by atoms with E-state index in [0.717, 1.165) is 6.07 Å². The van der Waals surface area contributed by atoms with Gasteiger partial charge in [0.1, 0.15) is 17.1 Å². The molecule has 1 amide bonds. The van der Waals surface area contributed by atoms with Crippen molar-refractivity contribution in [2.24, 2.45) is 0 Å². The first-order valence-electron chi connectivity index (χ1n) is 5.99. The first-order chi connectivity index (χ1) is 10.0. The molecule has 108 valence electrons. The highest BCUT2D eigenvalue weighted by Gasteiger charge is 2.13. The van der Waals surface area contributed by atoms with E-state index in [9.17, 15) is 14.0 Å². The molecule has 2 aromatic carbocycles. The summed E-state index contributed by atoms with van der Waals surface area (Å²) in [7, 11) is 1.33. The molecular weight excluding hydrogens is 277 g/mol. The van der Waals surface area contributed by atoms with E-state index in [1.807, 2.05) is 0 Å². The van der Waals surface area contributed by atoms with E-state index in [0.29, 0.717) is 5.69 Å². The van der Waals surface area contributed by atoms with E-state index in [4.69, 9.17) is 9.84 Å².